The lowest BCUT2D eigenvalue weighted by Crippen LogP contribution is -2.24. The van der Waals surface area contributed by atoms with Crippen molar-refractivity contribution in [1.82, 2.24) is 0 Å². The first-order valence-electron chi connectivity index (χ1n) is 14.3. The SMILES string of the molecule is CC1(C)C2=C(CCC(OC3=CC4=C(C=CCC4)CC3)=C2)C2=CC=C(C3=CC4=C(C=CCC4)CC3)CC21. The highest BCUT2D eigenvalue weighted by molar-refractivity contribution is 5.59. The largest absolute Gasteiger partial charge is 0.466 e. The van der Waals surface area contributed by atoms with Crippen LogP contribution in [0.2, 0.25) is 0 Å². The number of ether oxygens (including phenoxy) is 1. The van der Waals surface area contributed by atoms with Crippen LogP contribution >= 0.6 is 0 Å². The molecular weight excluding hydrogens is 436 g/mol. The van der Waals surface area contributed by atoms with Gasteiger partial charge in [0.1, 0.15) is 11.5 Å². The van der Waals surface area contributed by atoms with Gasteiger partial charge in [-0.3, -0.25) is 0 Å². The predicted molar refractivity (Wildman–Crippen MR) is 149 cm³/mol. The van der Waals surface area contributed by atoms with Gasteiger partial charge < -0.3 is 4.74 Å². The molecule has 0 aliphatic heterocycles. The van der Waals surface area contributed by atoms with Gasteiger partial charge in [-0.2, -0.15) is 0 Å². The maximum absolute atomic E-state index is 6.58. The lowest BCUT2D eigenvalue weighted by atomic mass is 9.70. The van der Waals surface area contributed by atoms with Crippen LogP contribution in [0.5, 0.6) is 0 Å². The maximum Gasteiger partial charge on any atom is 0.104 e. The molecule has 7 aliphatic carbocycles. The number of rotatable bonds is 3. The van der Waals surface area contributed by atoms with Crippen molar-refractivity contribution in [1.29, 1.82) is 0 Å². The summed E-state index contributed by atoms with van der Waals surface area (Å²) in [4.78, 5) is 0. The van der Waals surface area contributed by atoms with E-state index in [2.05, 4.69) is 68.5 Å². The molecular formula is C35H38O. The van der Waals surface area contributed by atoms with Crippen LogP contribution in [0.3, 0.4) is 0 Å². The third-order valence-corrected chi connectivity index (χ3v) is 9.72. The molecule has 0 amide bonds. The molecule has 0 saturated heterocycles. The molecule has 1 unspecified atom stereocenters. The van der Waals surface area contributed by atoms with Gasteiger partial charge in [0.25, 0.3) is 0 Å². The number of hydrogen-bond acceptors (Lipinski definition) is 1. The highest BCUT2D eigenvalue weighted by Crippen LogP contribution is 2.58. The number of hydrogen-bond donors (Lipinski definition) is 0. The van der Waals surface area contributed by atoms with Crippen LogP contribution in [0.1, 0.15) is 84.5 Å². The van der Waals surface area contributed by atoms with E-state index in [1.165, 1.54) is 60.3 Å². The van der Waals surface area contributed by atoms with Crippen LogP contribution in [-0.4, -0.2) is 0 Å². The van der Waals surface area contributed by atoms with Gasteiger partial charge in [0, 0.05) is 12.8 Å². The van der Waals surface area contributed by atoms with Crippen molar-refractivity contribution >= 4 is 0 Å². The zero-order valence-corrected chi connectivity index (χ0v) is 22.0. The lowest BCUT2D eigenvalue weighted by Gasteiger charge is -2.34. The highest BCUT2D eigenvalue weighted by atomic mass is 16.5. The van der Waals surface area contributed by atoms with Gasteiger partial charge in [-0.1, -0.05) is 56.4 Å². The molecule has 0 aromatic heterocycles. The summed E-state index contributed by atoms with van der Waals surface area (Å²) in [5.41, 5.74) is 14.2. The molecule has 0 saturated carbocycles. The van der Waals surface area contributed by atoms with Gasteiger partial charge in [-0.15, -0.1) is 0 Å². The van der Waals surface area contributed by atoms with E-state index in [9.17, 15) is 0 Å². The van der Waals surface area contributed by atoms with Gasteiger partial charge in [0.05, 0.1) is 0 Å². The Kier molecular flexibility index (Phi) is 5.38. The van der Waals surface area contributed by atoms with Crippen molar-refractivity contribution in [3.63, 3.8) is 0 Å². The fourth-order valence-electron chi connectivity index (χ4n) is 7.60. The summed E-state index contributed by atoms with van der Waals surface area (Å²) in [6.07, 6.45) is 34.2. The molecule has 7 aliphatic rings. The van der Waals surface area contributed by atoms with E-state index in [4.69, 9.17) is 4.74 Å². The first-order valence-corrected chi connectivity index (χ1v) is 14.3. The van der Waals surface area contributed by atoms with Gasteiger partial charge >= 0.3 is 0 Å². The first-order chi connectivity index (χ1) is 17.6. The Morgan fingerprint density at radius 1 is 0.667 bits per heavy atom. The molecule has 0 bridgehead atoms. The summed E-state index contributed by atoms with van der Waals surface area (Å²) in [7, 11) is 0. The second-order valence-corrected chi connectivity index (χ2v) is 12.2. The molecule has 1 nitrogen and oxygen atoms in total. The Morgan fingerprint density at radius 3 is 2.17 bits per heavy atom. The summed E-state index contributed by atoms with van der Waals surface area (Å²) in [6, 6.07) is 0. The average molecular weight is 475 g/mol. The second kappa shape index (κ2) is 8.65. The van der Waals surface area contributed by atoms with Gasteiger partial charge in [0.15, 0.2) is 0 Å². The molecule has 0 fully saturated rings. The van der Waals surface area contributed by atoms with Crippen LogP contribution in [0.15, 0.2) is 116 Å². The summed E-state index contributed by atoms with van der Waals surface area (Å²) in [6.45, 7) is 4.95. The monoisotopic (exact) mass is 474 g/mol. The van der Waals surface area contributed by atoms with Crippen LogP contribution in [0.25, 0.3) is 0 Å². The molecule has 0 N–H and O–H groups in total. The fourth-order valence-corrected chi connectivity index (χ4v) is 7.60. The van der Waals surface area contributed by atoms with E-state index in [-0.39, 0.29) is 5.41 Å². The lowest BCUT2D eigenvalue weighted by molar-refractivity contribution is 0.269. The molecule has 0 spiro atoms. The van der Waals surface area contributed by atoms with Crippen LogP contribution in [0.4, 0.5) is 0 Å². The van der Waals surface area contributed by atoms with Gasteiger partial charge in [-0.25, -0.2) is 0 Å². The third kappa shape index (κ3) is 3.74. The molecule has 0 aromatic rings. The van der Waals surface area contributed by atoms with Crippen molar-refractivity contribution < 1.29 is 4.74 Å². The zero-order chi connectivity index (χ0) is 24.3. The van der Waals surface area contributed by atoms with Crippen molar-refractivity contribution in [2.45, 2.75) is 84.5 Å². The molecule has 0 heterocycles. The van der Waals surface area contributed by atoms with Crippen molar-refractivity contribution in [2.24, 2.45) is 11.3 Å². The maximum atomic E-state index is 6.58. The first kappa shape index (κ1) is 22.4. The summed E-state index contributed by atoms with van der Waals surface area (Å²) >= 11 is 0. The number of fused-ring (bicyclic) bond motifs is 2. The third-order valence-electron chi connectivity index (χ3n) is 9.72. The van der Waals surface area contributed by atoms with Crippen molar-refractivity contribution in [2.75, 3.05) is 0 Å². The molecule has 0 radical (unpaired) electrons. The molecule has 36 heavy (non-hydrogen) atoms. The second-order valence-electron chi connectivity index (χ2n) is 12.2. The van der Waals surface area contributed by atoms with E-state index in [1.54, 1.807) is 33.4 Å². The summed E-state index contributed by atoms with van der Waals surface area (Å²) < 4.78 is 6.58. The summed E-state index contributed by atoms with van der Waals surface area (Å²) in [5.74, 6) is 2.93. The molecule has 1 heteroatoms. The molecule has 1 atom stereocenters. The minimum atomic E-state index is 0.147. The minimum Gasteiger partial charge on any atom is -0.466 e. The predicted octanol–water partition coefficient (Wildman–Crippen LogP) is 9.58. The van der Waals surface area contributed by atoms with Gasteiger partial charge in [-0.05, 0) is 131 Å². The average Bonchev–Trinajstić information content (AvgIpc) is 3.14. The van der Waals surface area contributed by atoms with E-state index in [0.717, 1.165) is 38.5 Å². The normalized spacial score (nSPS) is 28.4. The van der Waals surface area contributed by atoms with Crippen LogP contribution in [0, 0.1) is 11.3 Å². The van der Waals surface area contributed by atoms with Crippen LogP contribution in [-0.2, 0) is 4.74 Å². The summed E-state index contributed by atoms with van der Waals surface area (Å²) in [5, 5.41) is 0. The fraction of sp³-hybridized carbons (Fsp3) is 0.429. The molecule has 7 rings (SSSR count). The quantitative estimate of drug-likeness (QED) is 0.396. The molecule has 0 aromatic carbocycles. The number of allylic oxidation sites excluding steroid dienone is 20. The van der Waals surface area contributed by atoms with Crippen LogP contribution < -0.4 is 0 Å². The Labute approximate surface area is 216 Å². The topological polar surface area (TPSA) is 9.23 Å². The Hall–Kier alpha value is -2.80. The van der Waals surface area contributed by atoms with E-state index >= 15 is 0 Å². The smallest absolute Gasteiger partial charge is 0.104 e. The highest BCUT2D eigenvalue weighted by Gasteiger charge is 2.46. The Morgan fingerprint density at radius 2 is 1.36 bits per heavy atom. The Bertz CT molecular complexity index is 1330. The van der Waals surface area contributed by atoms with E-state index < -0.39 is 0 Å². The minimum absolute atomic E-state index is 0.147. The van der Waals surface area contributed by atoms with Gasteiger partial charge in [0.2, 0.25) is 0 Å². The standard InChI is InChI=1S/C35H38O/c1-35(2)33-21-28(27-12-11-23-7-3-5-9-25(23)19-27)14-17-31(33)32-18-16-30(22-34(32)35)36-29-15-13-24-8-4-6-10-26(24)20-29/h3-4,7-8,14,17,19-20,22,33H,5-6,9-13,15-16,18,21H2,1-2H3. The van der Waals surface area contributed by atoms with Crippen molar-refractivity contribution in [3.05, 3.63) is 116 Å². The van der Waals surface area contributed by atoms with E-state index in [0.29, 0.717) is 5.92 Å². The molecule has 184 valence electrons. The van der Waals surface area contributed by atoms with E-state index in [1.807, 2.05) is 0 Å². The van der Waals surface area contributed by atoms with Crippen molar-refractivity contribution in [3.8, 4) is 0 Å². The zero-order valence-electron chi connectivity index (χ0n) is 22.0. The Balaban J connectivity index is 1.14.